The van der Waals surface area contributed by atoms with E-state index in [4.69, 9.17) is 5.26 Å². The Labute approximate surface area is 89.7 Å². The molecule has 0 unspecified atom stereocenters. The Hall–Kier alpha value is -1.82. The maximum atomic E-state index is 11.1. The molecule has 0 saturated carbocycles. The van der Waals surface area contributed by atoms with E-state index in [0.29, 0.717) is 5.92 Å². The third-order valence-electron chi connectivity index (χ3n) is 2.21. The van der Waals surface area contributed by atoms with Gasteiger partial charge >= 0.3 is 0 Å². The van der Waals surface area contributed by atoms with E-state index in [2.05, 4.69) is 19.2 Å². The van der Waals surface area contributed by atoms with E-state index < -0.39 is 0 Å². The van der Waals surface area contributed by atoms with Gasteiger partial charge < -0.3 is 0 Å². The van der Waals surface area contributed by atoms with E-state index >= 15 is 0 Å². The van der Waals surface area contributed by atoms with Gasteiger partial charge in [0.25, 0.3) is 0 Å². The standard InChI is InChI=1S/C12H14N2O/c1-9(2)11-5-3-10(4-6-11)7-12(15)14-8-13/h3-6,9H,7H2,1-2H3,(H,14,15). The van der Waals surface area contributed by atoms with E-state index in [9.17, 15) is 4.79 Å². The van der Waals surface area contributed by atoms with Crippen molar-refractivity contribution in [1.82, 2.24) is 5.32 Å². The van der Waals surface area contributed by atoms with Crippen molar-refractivity contribution in [3.05, 3.63) is 35.4 Å². The fourth-order valence-corrected chi connectivity index (χ4v) is 1.31. The Bertz CT molecular complexity index is 374. The summed E-state index contributed by atoms with van der Waals surface area (Å²) >= 11 is 0. The minimum Gasteiger partial charge on any atom is -0.274 e. The topological polar surface area (TPSA) is 52.9 Å². The smallest absolute Gasteiger partial charge is 0.237 e. The molecule has 3 nitrogen and oxygen atoms in total. The monoisotopic (exact) mass is 202 g/mol. The molecule has 1 rings (SSSR count). The minimum atomic E-state index is -0.269. The Morgan fingerprint density at radius 2 is 2.00 bits per heavy atom. The highest BCUT2D eigenvalue weighted by molar-refractivity contribution is 5.79. The van der Waals surface area contributed by atoms with E-state index in [-0.39, 0.29) is 12.3 Å². The average molecular weight is 202 g/mol. The van der Waals surface area contributed by atoms with Gasteiger partial charge in [-0.05, 0) is 17.0 Å². The molecule has 1 N–H and O–H groups in total. The summed E-state index contributed by atoms with van der Waals surface area (Å²) in [6.07, 6.45) is 1.87. The summed E-state index contributed by atoms with van der Waals surface area (Å²) in [5, 5.41) is 10.3. The van der Waals surface area contributed by atoms with Gasteiger partial charge in [-0.3, -0.25) is 10.1 Å². The average Bonchev–Trinajstić information content (AvgIpc) is 2.18. The molecule has 3 heteroatoms. The molecule has 0 aliphatic heterocycles. The highest BCUT2D eigenvalue weighted by Gasteiger charge is 2.03. The first-order valence-electron chi connectivity index (χ1n) is 4.90. The number of nitriles is 1. The summed E-state index contributed by atoms with van der Waals surface area (Å²) in [5.41, 5.74) is 2.17. The molecule has 0 spiro atoms. The molecule has 1 aromatic rings. The fraction of sp³-hybridized carbons (Fsp3) is 0.333. The number of rotatable bonds is 3. The van der Waals surface area contributed by atoms with Crippen LogP contribution in [0.3, 0.4) is 0 Å². The summed E-state index contributed by atoms with van der Waals surface area (Å²) in [7, 11) is 0. The quantitative estimate of drug-likeness (QED) is 0.601. The number of carbonyl (C=O) groups excluding carboxylic acids is 1. The lowest BCUT2D eigenvalue weighted by Crippen LogP contribution is -2.19. The van der Waals surface area contributed by atoms with Crippen molar-refractivity contribution in [1.29, 1.82) is 5.26 Å². The first kappa shape index (κ1) is 11.3. The van der Waals surface area contributed by atoms with Gasteiger partial charge in [-0.15, -0.1) is 0 Å². The van der Waals surface area contributed by atoms with Crippen molar-refractivity contribution in [2.45, 2.75) is 26.2 Å². The summed E-state index contributed by atoms with van der Waals surface area (Å²) in [5.74, 6) is 0.224. The lowest BCUT2D eigenvalue weighted by atomic mass is 10.0. The van der Waals surface area contributed by atoms with E-state index in [1.54, 1.807) is 6.19 Å². The molecule has 78 valence electrons. The number of amides is 1. The summed E-state index contributed by atoms with van der Waals surface area (Å²) in [4.78, 5) is 11.1. The highest BCUT2D eigenvalue weighted by Crippen LogP contribution is 2.14. The second kappa shape index (κ2) is 5.16. The van der Waals surface area contributed by atoms with E-state index in [1.165, 1.54) is 5.56 Å². The molecule has 0 bridgehead atoms. The Kier molecular flexibility index (Phi) is 3.87. The van der Waals surface area contributed by atoms with Crippen molar-refractivity contribution in [3.8, 4) is 6.19 Å². The molecule has 0 fully saturated rings. The second-order valence-electron chi connectivity index (χ2n) is 3.73. The third-order valence-corrected chi connectivity index (χ3v) is 2.21. The van der Waals surface area contributed by atoms with Crippen LogP contribution in [0, 0.1) is 11.5 Å². The molecule has 0 heterocycles. The van der Waals surface area contributed by atoms with E-state index in [1.807, 2.05) is 24.3 Å². The maximum absolute atomic E-state index is 11.1. The summed E-state index contributed by atoms with van der Waals surface area (Å²) in [6.45, 7) is 4.24. The van der Waals surface area contributed by atoms with Crippen LogP contribution in [0.4, 0.5) is 0 Å². The van der Waals surface area contributed by atoms with Crippen LogP contribution < -0.4 is 5.32 Å². The molecule has 0 aliphatic carbocycles. The first-order chi connectivity index (χ1) is 7.13. The maximum Gasteiger partial charge on any atom is 0.237 e. The molecular formula is C12H14N2O. The normalized spacial score (nSPS) is 9.73. The lowest BCUT2D eigenvalue weighted by Gasteiger charge is -2.05. The first-order valence-corrected chi connectivity index (χ1v) is 4.90. The van der Waals surface area contributed by atoms with Crippen LogP contribution in [0.2, 0.25) is 0 Å². The van der Waals surface area contributed by atoms with Gasteiger partial charge in [0.1, 0.15) is 0 Å². The number of nitrogens with one attached hydrogen (secondary N) is 1. The Morgan fingerprint density at radius 3 is 2.47 bits per heavy atom. The van der Waals surface area contributed by atoms with Crippen LogP contribution in [-0.4, -0.2) is 5.91 Å². The van der Waals surface area contributed by atoms with Crippen LogP contribution in [-0.2, 0) is 11.2 Å². The highest BCUT2D eigenvalue weighted by atomic mass is 16.1. The van der Waals surface area contributed by atoms with Gasteiger partial charge in [0, 0.05) is 0 Å². The van der Waals surface area contributed by atoms with Crippen molar-refractivity contribution < 1.29 is 4.79 Å². The fourth-order valence-electron chi connectivity index (χ4n) is 1.31. The van der Waals surface area contributed by atoms with Gasteiger partial charge in [-0.2, -0.15) is 5.26 Å². The zero-order chi connectivity index (χ0) is 11.3. The van der Waals surface area contributed by atoms with Crippen LogP contribution in [0.1, 0.15) is 30.9 Å². The van der Waals surface area contributed by atoms with E-state index in [0.717, 1.165) is 5.56 Å². The molecule has 1 aromatic carbocycles. The summed E-state index contributed by atoms with van der Waals surface area (Å²) in [6, 6.07) is 7.87. The number of hydrogen-bond acceptors (Lipinski definition) is 2. The number of hydrogen-bond donors (Lipinski definition) is 1. The van der Waals surface area contributed by atoms with Gasteiger partial charge in [0.2, 0.25) is 5.91 Å². The largest absolute Gasteiger partial charge is 0.274 e. The number of benzene rings is 1. The predicted octanol–water partition coefficient (Wildman–Crippen LogP) is 1.95. The van der Waals surface area contributed by atoms with Crippen molar-refractivity contribution in [2.75, 3.05) is 0 Å². The minimum absolute atomic E-state index is 0.256. The molecule has 1 amide bonds. The zero-order valence-corrected chi connectivity index (χ0v) is 8.95. The second-order valence-corrected chi connectivity index (χ2v) is 3.73. The third kappa shape index (κ3) is 3.43. The molecule has 0 radical (unpaired) electrons. The molecule has 0 atom stereocenters. The predicted molar refractivity (Wildman–Crippen MR) is 58.0 cm³/mol. The summed E-state index contributed by atoms with van der Waals surface area (Å²) < 4.78 is 0. The van der Waals surface area contributed by atoms with Crippen LogP contribution in [0.15, 0.2) is 24.3 Å². The number of nitrogens with zero attached hydrogens (tertiary/aromatic N) is 1. The molecule has 0 saturated heterocycles. The van der Waals surface area contributed by atoms with Crippen molar-refractivity contribution in [2.24, 2.45) is 0 Å². The SMILES string of the molecule is CC(C)c1ccc(CC(=O)NC#N)cc1. The van der Waals surface area contributed by atoms with Crippen molar-refractivity contribution in [3.63, 3.8) is 0 Å². The van der Waals surface area contributed by atoms with Crippen LogP contribution >= 0.6 is 0 Å². The van der Waals surface area contributed by atoms with Crippen molar-refractivity contribution >= 4 is 5.91 Å². The molecule has 0 aromatic heterocycles. The van der Waals surface area contributed by atoms with Gasteiger partial charge in [0.05, 0.1) is 6.42 Å². The molecule has 0 aliphatic rings. The zero-order valence-electron chi connectivity index (χ0n) is 8.95. The van der Waals surface area contributed by atoms with Gasteiger partial charge in [0.15, 0.2) is 6.19 Å². The van der Waals surface area contributed by atoms with Crippen LogP contribution in [0.5, 0.6) is 0 Å². The van der Waals surface area contributed by atoms with Gasteiger partial charge in [-0.25, -0.2) is 0 Å². The Morgan fingerprint density at radius 1 is 1.40 bits per heavy atom. The Balaban J connectivity index is 2.65. The molecular weight excluding hydrogens is 188 g/mol. The number of carbonyl (C=O) groups is 1. The van der Waals surface area contributed by atoms with Crippen LogP contribution in [0.25, 0.3) is 0 Å². The molecule has 15 heavy (non-hydrogen) atoms. The lowest BCUT2D eigenvalue weighted by molar-refractivity contribution is -0.119. The van der Waals surface area contributed by atoms with Gasteiger partial charge in [-0.1, -0.05) is 38.1 Å².